The second kappa shape index (κ2) is 6.49. The molecule has 3 heterocycles. The Bertz CT molecular complexity index is 631. The standard InChI is InChI=1S/C15H20N6O2/c1-2-10(3-1)23-15-14(16-6-7-17-15)18-8-11-4-5-12(22-11)13-19-9-20-21-13/h6-7,9-12H,1-5,8H2,(H,16,18)(H,19,20,21)/t11-,12+/m1/s1. The molecule has 23 heavy (non-hydrogen) atoms. The minimum Gasteiger partial charge on any atom is -0.472 e. The first-order valence-corrected chi connectivity index (χ1v) is 8.11. The maximum atomic E-state index is 6.00. The van der Waals surface area contributed by atoms with Crippen molar-refractivity contribution in [3.05, 3.63) is 24.5 Å². The zero-order valence-corrected chi connectivity index (χ0v) is 12.8. The Morgan fingerprint density at radius 1 is 1.17 bits per heavy atom. The van der Waals surface area contributed by atoms with Gasteiger partial charge in [-0.05, 0) is 32.1 Å². The van der Waals surface area contributed by atoms with Crippen molar-refractivity contribution in [2.75, 3.05) is 11.9 Å². The molecule has 4 rings (SSSR count). The summed E-state index contributed by atoms with van der Waals surface area (Å²) in [4.78, 5) is 12.8. The summed E-state index contributed by atoms with van der Waals surface area (Å²) in [5.41, 5.74) is 0. The predicted octanol–water partition coefficient (Wildman–Crippen LogP) is 1.86. The summed E-state index contributed by atoms with van der Waals surface area (Å²) in [6.07, 6.45) is 10.6. The smallest absolute Gasteiger partial charge is 0.257 e. The Kier molecular flexibility index (Phi) is 4.06. The summed E-state index contributed by atoms with van der Waals surface area (Å²) >= 11 is 0. The minimum absolute atomic E-state index is 0.00291. The van der Waals surface area contributed by atoms with Gasteiger partial charge in [-0.3, -0.25) is 5.10 Å². The molecule has 2 atom stereocenters. The lowest BCUT2D eigenvalue weighted by molar-refractivity contribution is 0.0471. The van der Waals surface area contributed by atoms with Crippen LogP contribution in [-0.4, -0.2) is 43.9 Å². The van der Waals surface area contributed by atoms with Crippen molar-refractivity contribution in [3.63, 3.8) is 0 Å². The van der Waals surface area contributed by atoms with Gasteiger partial charge in [0.1, 0.15) is 18.5 Å². The topological polar surface area (TPSA) is 97.8 Å². The van der Waals surface area contributed by atoms with Crippen LogP contribution in [0.25, 0.3) is 0 Å². The van der Waals surface area contributed by atoms with Gasteiger partial charge in [0.15, 0.2) is 11.6 Å². The normalized spacial score (nSPS) is 24.3. The summed E-state index contributed by atoms with van der Waals surface area (Å²) < 4.78 is 11.9. The van der Waals surface area contributed by atoms with Crippen LogP contribution in [0.1, 0.15) is 44.0 Å². The third-order valence-electron chi connectivity index (χ3n) is 4.34. The van der Waals surface area contributed by atoms with Crippen molar-refractivity contribution in [1.82, 2.24) is 25.1 Å². The molecule has 1 saturated heterocycles. The molecule has 1 aliphatic heterocycles. The number of aromatic amines is 1. The molecule has 0 radical (unpaired) electrons. The van der Waals surface area contributed by atoms with Crippen molar-refractivity contribution in [1.29, 1.82) is 0 Å². The zero-order chi connectivity index (χ0) is 15.5. The molecule has 1 saturated carbocycles. The Balaban J connectivity index is 1.32. The van der Waals surface area contributed by atoms with Gasteiger partial charge < -0.3 is 14.8 Å². The molecule has 1 aliphatic carbocycles. The minimum atomic E-state index is -0.00291. The lowest BCUT2D eigenvalue weighted by Gasteiger charge is -2.26. The molecule has 2 aliphatic rings. The molecule has 2 aromatic heterocycles. The predicted molar refractivity (Wildman–Crippen MR) is 82.0 cm³/mol. The van der Waals surface area contributed by atoms with E-state index in [-0.39, 0.29) is 18.3 Å². The van der Waals surface area contributed by atoms with E-state index in [0.29, 0.717) is 18.2 Å². The van der Waals surface area contributed by atoms with E-state index in [1.807, 2.05) is 0 Å². The highest BCUT2D eigenvalue weighted by molar-refractivity contribution is 5.44. The van der Waals surface area contributed by atoms with Crippen molar-refractivity contribution in [2.24, 2.45) is 0 Å². The van der Waals surface area contributed by atoms with Gasteiger partial charge in [-0.15, -0.1) is 0 Å². The van der Waals surface area contributed by atoms with E-state index >= 15 is 0 Å². The number of ether oxygens (including phenoxy) is 2. The van der Waals surface area contributed by atoms with E-state index < -0.39 is 0 Å². The second-order valence-corrected chi connectivity index (χ2v) is 5.96. The Morgan fingerprint density at radius 2 is 2.09 bits per heavy atom. The van der Waals surface area contributed by atoms with Crippen LogP contribution in [0.15, 0.2) is 18.7 Å². The molecule has 2 aromatic rings. The van der Waals surface area contributed by atoms with Gasteiger partial charge in [0.05, 0.1) is 6.10 Å². The quantitative estimate of drug-likeness (QED) is 0.839. The van der Waals surface area contributed by atoms with E-state index in [1.54, 1.807) is 12.4 Å². The van der Waals surface area contributed by atoms with Crippen LogP contribution >= 0.6 is 0 Å². The number of rotatable bonds is 6. The summed E-state index contributed by atoms with van der Waals surface area (Å²) in [5, 5.41) is 10.0. The third-order valence-corrected chi connectivity index (χ3v) is 4.34. The van der Waals surface area contributed by atoms with Crippen LogP contribution in [-0.2, 0) is 4.74 Å². The Morgan fingerprint density at radius 3 is 2.87 bits per heavy atom. The Labute approximate surface area is 134 Å². The number of hydrogen-bond acceptors (Lipinski definition) is 7. The second-order valence-electron chi connectivity index (χ2n) is 5.96. The van der Waals surface area contributed by atoms with E-state index in [4.69, 9.17) is 9.47 Å². The van der Waals surface area contributed by atoms with Gasteiger partial charge in [-0.25, -0.2) is 15.0 Å². The molecule has 8 heteroatoms. The number of nitrogens with zero attached hydrogens (tertiary/aromatic N) is 4. The maximum Gasteiger partial charge on any atom is 0.257 e. The molecule has 8 nitrogen and oxygen atoms in total. The van der Waals surface area contributed by atoms with Crippen molar-refractivity contribution in [2.45, 2.75) is 50.4 Å². The molecule has 0 unspecified atom stereocenters. The SMILES string of the molecule is c1n[nH]c([C@@H]2CC[C@H](CNc3nccnc3OC3CCC3)O2)n1. The average Bonchev–Trinajstić information content (AvgIpc) is 3.20. The van der Waals surface area contributed by atoms with E-state index in [0.717, 1.165) is 31.5 Å². The van der Waals surface area contributed by atoms with Gasteiger partial charge in [0, 0.05) is 18.9 Å². The molecule has 0 amide bonds. The average molecular weight is 316 g/mol. The summed E-state index contributed by atoms with van der Waals surface area (Å²) in [6, 6.07) is 0. The first-order valence-electron chi connectivity index (χ1n) is 8.11. The van der Waals surface area contributed by atoms with Gasteiger partial charge in [0.2, 0.25) is 0 Å². The van der Waals surface area contributed by atoms with Crippen LogP contribution in [0.5, 0.6) is 5.88 Å². The van der Waals surface area contributed by atoms with Crippen molar-refractivity contribution in [3.8, 4) is 5.88 Å². The molecular formula is C15H20N6O2. The molecule has 122 valence electrons. The summed E-state index contributed by atoms with van der Waals surface area (Å²) in [5.74, 6) is 2.06. The highest BCUT2D eigenvalue weighted by Gasteiger charge is 2.28. The third kappa shape index (κ3) is 3.26. The van der Waals surface area contributed by atoms with Crippen LogP contribution < -0.4 is 10.1 Å². The monoisotopic (exact) mass is 316 g/mol. The zero-order valence-electron chi connectivity index (χ0n) is 12.8. The van der Waals surface area contributed by atoms with Gasteiger partial charge in [-0.1, -0.05) is 0 Å². The lowest BCUT2D eigenvalue weighted by atomic mass is 9.96. The van der Waals surface area contributed by atoms with Crippen LogP contribution in [0.2, 0.25) is 0 Å². The number of H-pyrrole nitrogens is 1. The summed E-state index contributed by atoms with van der Waals surface area (Å²) in [7, 11) is 0. The molecule has 0 aromatic carbocycles. The van der Waals surface area contributed by atoms with Crippen molar-refractivity contribution >= 4 is 5.82 Å². The molecular weight excluding hydrogens is 296 g/mol. The summed E-state index contributed by atoms with van der Waals surface area (Å²) in [6.45, 7) is 0.671. The number of nitrogens with one attached hydrogen (secondary N) is 2. The highest BCUT2D eigenvalue weighted by Crippen LogP contribution is 2.31. The van der Waals surface area contributed by atoms with Crippen molar-refractivity contribution < 1.29 is 9.47 Å². The van der Waals surface area contributed by atoms with Crippen LogP contribution in [0.3, 0.4) is 0 Å². The number of anilines is 1. The van der Waals surface area contributed by atoms with Gasteiger partial charge in [0.25, 0.3) is 5.88 Å². The maximum absolute atomic E-state index is 6.00. The van der Waals surface area contributed by atoms with Crippen LogP contribution in [0, 0.1) is 0 Å². The lowest BCUT2D eigenvalue weighted by Crippen LogP contribution is -2.26. The van der Waals surface area contributed by atoms with E-state index in [2.05, 4.69) is 30.5 Å². The van der Waals surface area contributed by atoms with E-state index in [1.165, 1.54) is 12.7 Å². The number of aromatic nitrogens is 5. The fourth-order valence-electron chi connectivity index (χ4n) is 2.82. The molecule has 2 fully saturated rings. The molecule has 0 bridgehead atoms. The fraction of sp³-hybridized carbons (Fsp3) is 0.600. The number of hydrogen-bond donors (Lipinski definition) is 2. The fourth-order valence-corrected chi connectivity index (χ4v) is 2.82. The van der Waals surface area contributed by atoms with E-state index in [9.17, 15) is 0 Å². The van der Waals surface area contributed by atoms with Crippen LogP contribution in [0.4, 0.5) is 5.82 Å². The molecule has 0 spiro atoms. The molecule has 2 N–H and O–H groups in total. The van der Waals surface area contributed by atoms with Gasteiger partial charge >= 0.3 is 0 Å². The Hall–Kier alpha value is -2.22. The largest absolute Gasteiger partial charge is 0.472 e. The first kappa shape index (κ1) is 14.4. The highest BCUT2D eigenvalue weighted by atomic mass is 16.5. The first-order chi connectivity index (χ1) is 11.4. The van der Waals surface area contributed by atoms with Gasteiger partial charge in [-0.2, -0.15) is 5.10 Å².